The molecule has 2 saturated heterocycles. The van der Waals surface area contributed by atoms with Crippen LogP contribution in [0.15, 0.2) is 46.2 Å². The molecule has 3 saturated carbocycles. The number of halogens is 1. The van der Waals surface area contributed by atoms with Crippen LogP contribution < -0.4 is 20.9 Å². The number of anilines is 1. The third-order valence-corrected chi connectivity index (χ3v) is 12.6. The molecule has 0 amide bonds. The summed E-state index contributed by atoms with van der Waals surface area (Å²) in [7, 11) is 3.66. The number of guanidine groups is 1. The first-order chi connectivity index (χ1) is 24.4. The van der Waals surface area contributed by atoms with E-state index in [0.29, 0.717) is 76.9 Å². The van der Waals surface area contributed by atoms with Crippen LogP contribution in [0, 0.1) is 29.0 Å². The number of methoxy groups -OCH3 is 1. The molecule has 2 bridgehead atoms. The van der Waals surface area contributed by atoms with Crippen LogP contribution in [0.3, 0.4) is 0 Å². The van der Waals surface area contributed by atoms with Gasteiger partial charge in [-0.2, -0.15) is 0 Å². The van der Waals surface area contributed by atoms with Crippen molar-refractivity contribution in [3.63, 3.8) is 0 Å². The van der Waals surface area contributed by atoms with E-state index in [1.165, 1.54) is 19.6 Å². The summed E-state index contributed by atoms with van der Waals surface area (Å²) in [5.41, 5.74) is 2.39. The van der Waals surface area contributed by atoms with Gasteiger partial charge in [-0.1, -0.05) is 34.3 Å². The normalized spacial score (nSPS) is 27.9. The van der Waals surface area contributed by atoms with Gasteiger partial charge in [0.15, 0.2) is 5.96 Å². The number of piperazine rings is 2. The Morgan fingerprint density at radius 3 is 2.44 bits per heavy atom. The van der Waals surface area contributed by atoms with Crippen LogP contribution in [0.2, 0.25) is 0 Å². The fourth-order valence-electron chi connectivity index (χ4n) is 9.26. The molecule has 2 N–H and O–H groups in total. The molecule has 6 atom stereocenters. The second kappa shape index (κ2) is 15.4. The van der Waals surface area contributed by atoms with Gasteiger partial charge < -0.3 is 25.2 Å². The van der Waals surface area contributed by atoms with Gasteiger partial charge in [0.05, 0.1) is 30.6 Å². The second-order valence-corrected chi connectivity index (χ2v) is 16.5. The Morgan fingerprint density at radius 2 is 1.79 bits per heavy atom. The molecular formula is C41H61FN8O2. The van der Waals surface area contributed by atoms with Gasteiger partial charge in [-0.15, -0.1) is 0 Å². The van der Waals surface area contributed by atoms with Crippen molar-refractivity contribution in [2.45, 2.75) is 92.5 Å². The molecule has 0 radical (unpaired) electrons. The first-order valence-electron chi connectivity index (χ1n) is 19.0. The van der Waals surface area contributed by atoms with Crippen molar-refractivity contribution >= 4 is 22.5 Å². The van der Waals surface area contributed by atoms with Crippen molar-refractivity contribution < 1.29 is 9.13 Å². The number of benzene rings is 2. The molecule has 2 aromatic carbocycles. The van der Waals surface area contributed by atoms with Crippen LogP contribution in [0.5, 0.6) is 5.75 Å². The summed E-state index contributed by atoms with van der Waals surface area (Å²) in [6, 6.07) is 11.7. The molecule has 3 aliphatic carbocycles. The lowest BCUT2D eigenvalue weighted by molar-refractivity contribution is -0.108. The number of fused-ring (bicyclic) bond motifs is 3. The van der Waals surface area contributed by atoms with Crippen molar-refractivity contribution in [1.29, 1.82) is 0 Å². The Hall–Kier alpha value is -3.54. The average Bonchev–Trinajstić information content (AvgIpc) is 3.09. The van der Waals surface area contributed by atoms with Gasteiger partial charge in [0.2, 0.25) is 0 Å². The smallest absolute Gasteiger partial charge is 0.261 e. The summed E-state index contributed by atoms with van der Waals surface area (Å²) < 4.78 is 21.9. The Bertz CT molecular complexity index is 1810. The van der Waals surface area contributed by atoms with E-state index >= 15 is 0 Å². The monoisotopic (exact) mass is 716 g/mol. The zero-order valence-electron chi connectivity index (χ0n) is 31.6. The molecule has 3 heterocycles. The minimum Gasteiger partial charge on any atom is -0.497 e. The highest BCUT2D eigenvalue weighted by molar-refractivity contribution is 5.96. The molecule has 0 spiro atoms. The summed E-state index contributed by atoms with van der Waals surface area (Å²) in [5, 5.41) is 7.96. The van der Waals surface area contributed by atoms with Gasteiger partial charge in [-0.3, -0.25) is 14.3 Å². The number of likely N-dealkylation sites (N-methyl/N-ethyl adjacent to an activating group) is 1. The van der Waals surface area contributed by atoms with E-state index in [1.807, 2.05) is 18.2 Å². The van der Waals surface area contributed by atoms with Crippen LogP contribution in [0.1, 0.15) is 66.3 Å². The van der Waals surface area contributed by atoms with Gasteiger partial charge in [0.1, 0.15) is 17.4 Å². The van der Waals surface area contributed by atoms with E-state index in [1.54, 1.807) is 16.7 Å². The summed E-state index contributed by atoms with van der Waals surface area (Å²) in [6.45, 7) is 18.1. The van der Waals surface area contributed by atoms with Gasteiger partial charge in [-0.05, 0) is 93.2 Å². The van der Waals surface area contributed by atoms with E-state index in [2.05, 4.69) is 67.0 Å². The highest BCUT2D eigenvalue weighted by Crippen LogP contribution is 2.61. The van der Waals surface area contributed by atoms with Gasteiger partial charge >= 0.3 is 0 Å². The molecular weight excluding hydrogens is 656 g/mol. The number of hydrogen-bond donors (Lipinski definition) is 2. The predicted octanol–water partition coefficient (Wildman–Crippen LogP) is 5.69. The summed E-state index contributed by atoms with van der Waals surface area (Å²) in [4.78, 5) is 32.0. The number of nitrogens with one attached hydrogen (secondary N) is 2. The Kier molecular flexibility index (Phi) is 11.3. The molecule has 5 aliphatic rings. The maximum absolute atomic E-state index is 14.9. The predicted molar refractivity (Wildman–Crippen MR) is 210 cm³/mol. The number of hydrogen-bond acceptors (Lipinski definition) is 7. The lowest BCUT2D eigenvalue weighted by Crippen LogP contribution is -2.59. The first-order valence-corrected chi connectivity index (χ1v) is 19.0. The molecule has 5 fully saturated rings. The number of aromatic nitrogens is 2. The van der Waals surface area contributed by atoms with E-state index in [4.69, 9.17) is 14.7 Å². The average molecular weight is 717 g/mol. The lowest BCUT2D eigenvalue weighted by atomic mass is 9.45. The fourth-order valence-corrected chi connectivity index (χ4v) is 9.26. The van der Waals surface area contributed by atoms with Crippen molar-refractivity contribution in [3.8, 4) is 5.75 Å². The molecule has 1 aromatic heterocycles. The Morgan fingerprint density at radius 1 is 1.06 bits per heavy atom. The first kappa shape index (κ1) is 38.2. The highest BCUT2D eigenvalue weighted by atomic mass is 19.1. The zero-order valence-corrected chi connectivity index (χ0v) is 31.6. The van der Waals surface area contributed by atoms with E-state index in [-0.39, 0.29) is 24.8 Å². The SMILES string of the molecule is C.COc1ccc(CCn2c(CN3CCN(C)CC3)nc3cc(NC(=NC4C[C@H]5C[C@@H]([C@@H]4C)C5(C)C)N4C[C@@H](C)N[C@@H](C)C4)ccc3c2=O)c(F)c1. The molecule has 3 aromatic rings. The lowest BCUT2D eigenvalue weighted by Gasteiger charge is -2.61. The molecule has 2 aliphatic heterocycles. The van der Waals surface area contributed by atoms with Gasteiger partial charge in [0, 0.05) is 69.7 Å². The van der Waals surface area contributed by atoms with Crippen LogP contribution in [-0.4, -0.2) is 102 Å². The quantitative estimate of drug-likeness (QED) is 0.227. The maximum atomic E-state index is 14.9. The van der Waals surface area contributed by atoms with Gasteiger partial charge in [-0.25, -0.2) is 14.4 Å². The topological polar surface area (TPSA) is 90.3 Å². The van der Waals surface area contributed by atoms with Crippen molar-refractivity contribution in [1.82, 2.24) is 29.6 Å². The van der Waals surface area contributed by atoms with Crippen molar-refractivity contribution in [3.05, 3.63) is 64.0 Å². The Labute approximate surface area is 309 Å². The minimum atomic E-state index is -0.332. The summed E-state index contributed by atoms with van der Waals surface area (Å²) in [5.74, 6) is 3.73. The largest absolute Gasteiger partial charge is 0.497 e. The number of aryl methyl sites for hydroxylation is 1. The third-order valence-electron chi connectivity index (χ3n) is 12.6. The van der Waals surface area contributed by atoms with E-state index in [0.717, 1.165) is 63.3 Å². The number of rotatable bonds is 8. The Balaban J connectivity index is 0.00000464. The van der Waals surface area contributed by atoms with E-state index < -0.39 is 0 Å². The number of ether oxygens (including phenoxy) is 1. The van der Waals surface area contributed by atoms with Crippen LogP contribution >= 0.6 is 0 Å². The van der Waals surface area contributed by atoms with Crippen LogP contribution in [0.4, 0.5) is 10.1 Å². The van der Waals surface area contributed by atoms with Crippen LogP contribution in [0.25, 0.3) is 10.9 Å². The third kappa shape index (κ3) is 7.73. The van der Waals surface area contributed by atoms with E-state index in [9.17, 15) is 9.18 Å². The second-order valence-electron chi connectivity index (χ2n) is 16.5. The highest BCUT2D eigenvalue weighted by Gasteiger charge is 2.56. The number of nitrogens with zero attached hydrogens (tertiary/aromatic N) is 6. The standard InChI is InChI=1S/C40H57FN8O2.CH4/c1-25-22-48(23-26(2)42-25)39(45-35-19-29-18-33(27(35)3)40(29,4)5)43-30-9-11-32-36(20-30)44-37(24-47-16-14-46(6)15-17-47)49(38(32)50)13-12-28-8-10-31(51-7)21-34(28)41;/h8-11,20-21,25-27,29,33,35,42H,12-19,22-24H2,1-7H3,(H,43,45);1H4/t25-,26+,27-,29+,33-,35?;/m0./s1. The molecule has 1 unspecified atom stereocenters. The number of aliphatic imine (C=N–C) groups is 1. The molecule has 10 nitrogen and oxygen atoms in total. The van der Waals surface area contributed by atoms with Crippen molar-refractivity contribution in [2.75, 3.05) is 58.7 Å². The maximum Gasteiger partial charge on any atom is 0.261 e. The fraction of sp³-hybridized carbons (Fsp3) is 0.634. The molecule has 52 heavy (non-hydrogen) atoms. The van der Waals surface area contributed by atoms with Crippen LogP contribution in [-0.2, 0) is 19.5 Å². The summed E-state index contributed by atoms with van der Waals surface area (Å²) in [6.07, 6.45) is 2.82. The van der Waals surface area contributed by atoms with Crippen molar-refractivity contribution in [2.24, 2.45) is 28.2 Å². The molecule has 8 rings (SSSR count). The summed E-state index contributed by atoms with van der Waals surface area (Å²) >= 11 is 0. The molecule has 11 heteroatoms. The molecule has 284 valence electrons. The zero-order chi connectivity index (χ0) is 36.0. The minimum absolute atomic E-state index is 0. The van der Waals surface area contributed by atoms with Gasteiger partial charge in [0.25, 0.3) is 5.56 Å².